The molecule has 1 aromatic carbocycles. The molecule has 2 heterocycles. The molecule has 0 radical (unpaired) electrons. The summed E-state index contributed by atoms with van der Waals surface area (Å²) in [7, 11) is 0. The molecule has 8 heteroatoms. The van der Waals surface area contributed by atoms with Gasteiger partial charge in [-0.1, -0.05) is 12.1 Å². The highest BCUT2D eigenvalue weighted by atomic mass is 16.5. The lowest BCUT2D eigenvalue weighted by Gasteiger charge is -2.21. The van der Waals surface area contributed by atoms with Gasteiger partial charge in [0.15, 0.2) is 5.69 Å². The van der Waals surface area contributed by atoms with E-state index in [-0.39, 0.29) is 18.0 Å². The first-order valence-electron chi connectivity index (χ1n) is 7.11. The Labute approximate surface area is 131 Å². The Morgan fingerprint density at radius 3 is 2.39 bits per heavy atom. The number of nitrogens with one attached hydrogen (secondary N) is 1. The van der Waals surface area contributed by atoms with E-state index in [0.717, 1.165) is 4.90 Å². The Morgan fingerprint density at radius 1 is 1.22 bits per heavy atom. The standard InChI is InChI=1S/C15H14N4O4/c1-3-23-15(22)12-11(16-18-17-12)8(2)19-13(20)9-6-4-5-7-10(9)14(19)21/h4-8H,3H2,1-2H3,(H,16,17,18). The smallest absolute Gasteiger partial charge is 0.360 e. The molecule has 0 fully saturated rings. The molecule has 1 aromatic heterocycles. The first-order chi connectivity index (χ1) is 11.1. The van der Waals surface area contributed by atoms with E-state index in [0.29, 0.717) is 11.1 Å². The number of H-pyrrole nitrogens is 1. The maximum Gasteiger partial charge on any atom is 0.360 e. The summed E-state index contributed by atoms with van der Waals surface area (Å²) in [6.45, 7) is 3.47. The summed E-state index contributed by atoms with van der Waals surface area (Å²) in [5.74, 6) is -1.49. The van der Waals surface area contributed by atoms with Crippen molar-refractivity contribution >= 4 is 17.8 Å². The summed E-state index contributed by atoms with van der Waals surface area (Å²) >= 11 is 0. The van der Waals surface area contributed by atoms with E-state index in [4.69, 9.17) is 4.74 Å². The lowest BCUT2D eigenvalue weighted by molar-refractivity contribution is 0.0501. The van der Waals surface area contributed by atoms with Gasteiger partial charge in [0.25, 0.3) is 11.8 Å². The minimum atomic E-state index is -0.749. The highest BCUT2D eigenvalue weighted by Crippen LogP contribution is 2.31. The molecule has 0 saturated heterocycles. The minimum Gasteiger partial charge on any atom is -0.461 e. The fourth-order valence-electron chi connectivity index (χ4n) is 2.56. The summed E-state index contributed by atoms with van der Waals surface area (Å²) in [6.07, 6.45) is 0. The minimum absolute atomic E-state index is 0.0316. The van der Waals surface area contributed by atoms with Gasteiger partial charge in [0.1, 0.15) is 5.69 Å². The summed E-state index contributed by atoms with van der Waals surface area (Å²) in [5, 5.41) is 10.0. The number of aromatic nitrogens is 3. The van der Waals surface area contributed by atoms with Gasteiger partial charge in [-0.2, -0.15) is 10.3 Å². The second kappa shape index (κ2) is 5.64. The zero-order valence-corrected chi connectivity index (χ0v) is 12.6. The number of ether oxygens (including phenoxy) is 1. The molecule has 1 aliphatic rings. The average Bonchev–Trinajstić information content (AvgIpc) is 3.12. The predicted molar refractivity (Wildman–Crippen MR) is 77.7 cm³/mol. The number of hydrogen-bond donors (Lipinski definition) is 1. The Bertz CT molecular complexity index is 763. The van der Waals surface area contributed by atoms with Crippen LogP contribution in [-0.4, -0.2) is 44.7 Å². The lowest BCUT2D eigenvalue weighted by atomic mass is 10.1. The van der Waals surface area contributed by atoms with Gasteiger partial charge < -0.3 is 4.74 Å². The average molecular weight is 314 g/mol. The second-order valence-electron chi connectivity index (χ2n) is 4.98. The monoisotopic (exact) mass is 314 g/mol. The summed E-state index contributed by atoms with van der Waals surface area (Å²) in [4.78, 5) is 37.9. The van der Waals surface area contributed by atoms with Crippen molar-refractivity contribution in [3.8, 4) is 0 Å². The number of fused-ring (bicyclic) bond motifs is 1. The SMILES string of the molecule is CCOC(=O)c1n[nH]nc1C(C)N1C(=O)c2ccccc2C1=O. The maximum atomic E-state index is 12.5. The first-order valence-corrected chi connectivity index (χ1v) is 7.11. The van der Waals surface area contributed by atoms with Crippen LogP contribution in [-0.2, 0) is 4.74 Å². The third kappa shape index (κ3) is 2.28. The van der Waals surface area contributed by atoms with Crippen LogP contribution in [0.3, 0.4) is 0 Å². The van der Waals surface area contributed by atoms with Crippen molar-refractivity contribution in [2.24, 2.45) is 0 Å². The predicted octanol–water partition coefficient (Wildman–Crippen LogP) is 1.34. The quantitative estimate of drug-likeness (QED) is 0.674. The molecule has 1 aliphatic heterocycles. The highest BCUT2D eigenvalue weighted by molar-refractivity contribution is 6.21. The van der Waals surface area contributed by atoms with Crippen LogP contribution in [0.15, 0.2) is 24.3 Å². The first kappa shape index (κ1) is 14.9. The van der Waals surface area contributed by atoms with Crippen LogP contribution in [0.4, 0.5) is 0 Å². The van der Waals surface area contributed by atoms with Gasteiger partial charge in [0.05, 0.1) is 23.8 Å². The van der Waals surface area contributed by atoms with Crippen molar-refractivity contribution in [1.82, 2.24) is 20.3 Å². The number of carbonyl (C=O) groups is 3. The fraction of sp³-hybridized carbons (Fsp3) is 0.267. The number of hydrogen-bond acceptors (Lipinski definition) is 6. The van der Waals surface area contributed by atoms with Crippen LogP contribution in [0.1, 0.15) is 56.8 Å². The van der Waals surface area contributed by atoms with Crippen LogP contribution >= 0.6 is 0 Å². The van der Waals surface area contributed by atoms with Gasteiger partial charge >= 0.3 is 5.97 Å². The number of benzene rings is 1. The van der Waals surface area contributed by atoms with Crippen molar-refractivity contribution in [3.63, 3.8) is 0 Å². The molecule has 1 atom stereocenters. The van der Waals surface area contributed by atoms with E-state index in [1.54, 1.807) is 38.1 Å². The molecular weight excluding hydrogens is 300 g/mol. The van der Waals surface area contributed by atoms with E-state index >= 15 is 0 Å². The summed E-state index contributed by atoms with van der Waals surface area (Å²) < 4.78 is 4.91. The van der Waals surface area contributed by atoms with E-state index in [1.165, 1.54) is 0 Å². The van der Waals surface area contributed by atoms with E-state index < -0.39 is 23.8 Å². The fourth-order valence-corrected chi connectivity index (χ4v) is 2.56. The van der Waals surface area contributed by atoms with E-state index in [2.05, 4.69) is 15.4 Å². The van der Waals surface area contributed by atoms with Crippen LogP contribution in [0.5, 0.6) is 0 Å². The largest absolute Gasteiger partial charge is 0.461 e. The van der Waals surface area contributed by atoms with Crippen molar-refractivity contribution < 1.29 is 19.1 Å². The molecule has 118 valence electrons. The van der Waals surface area contributed by atoms with Crippen LogP contribution in [0.2, 0.25) is 0 Å². The molecule has 0 bridgehead atoms. The third-order valence-electron chi connectivity index (χ3n) is 3.65. The van der Waals surface area contributed by atoms with Crippen molar-refractivity contribution in [2.75, 3.05) is 6.61 Å². The molecule has 1 unspecified atom stereocenters. The molecule has 1 N–H and O–H groups in total. The Hall–Kier alpha value is -3.03. The summed E-state index contributed by atoms with van der Waals surface area (Å²) in [6, 6.07) is 5.83. The van der Waals surface area contributed by atoms with Crippen LogP contribution in [0, 0.1) is 0 Å². The second-order valence-corrected chi connectivity index (χ2v) is 4.98. The van der Waals surface area contributed by atoms with Gasteiger partial charge in [-0.25, -0.2) is 4.79 Å². The van der Waals surface area contributed by atoms with Crippen molar-refractivity contribution in [1.29, 1.82) is 0 Å². The number of aromatic amines is 1. The number of rotatable bonds is 4. The topological polar surface area (TPSA) is 105 Å². The number of imide groups is 1. The number of esters is 1. The Balaban J connectivity index is 1.96. The van der Waals surface area contributed by atoms with Gasteiger partial charge in [-0.05, 0) is 26.0 Å². The lowest BCUT2D eigenvalue weighted by Crippen LogP contribution is -2.33. The summed E-state index contributed by atoms with van der Waals surface area (Å²) in [5.41, 5.74) is 0.838. The van der Waals surface area contributed by atoms with Crippen molar-refractivity contribution in [3.05, 3.63) is 46.8 Å². The van der Waals surface area contributed by atoms with Gasteiger partial charge in [0, 0.05) is 0 Å². The van der Waals surface area contributed by atoms with E-state index in [9.17, 15) is 14.4 Å². The van der Waals surface area contributed by atoms with Gasteiger partial charge in [0.2, 0.25) is 0 Å². The van der Waals surface area contributed by atoms with Gasteiger partial charge in [-0.15, -0.1) is 5.10 Å². The molecule has 0 aliphatic carbocycles. The van der Waals surface area contributed by atoms with Crippen LogP contribution < -0.4 is 0 Å². The highest BCUT2D eigenvalue weighted by Gasteiger charge is 2.40. The number of carbonyl (C=O) groups excluding carboxylic acids is 3. The van der Waals surface area contributed by atoms with Gasteiger partial charge in [-0.3, -0.25) is 14.5 Å². The van der Waals surface area contributed by atoms with E-state index in [1.807, 2.05) is 0 Å². The Kier molecular flexibility index (Phi) is 3.65. The zero-order chi connectivity index (χ0) is 16.6. The molecule has 2 aromatic rings. The number of amides is 2. The van der Waals surface area contributed by atoms with Crippen molar-refractivity contribution in [2.45, 2.75) is 19.9 Å². The normalized spacial score (nSPS) is 14.8. The molecule has 8 nitrogen and oxygen atoms in total. The molecule has 23 heavy (non-hydrogen) atoms. The third-order valence-corrected chi connectivity index (χ3v) is 3.65. The van der Waals surface area contributed by atoms with Crippen LogP contribution in [0.25, 0.3) is 0 Å². The molecule has 3 rings (SSSR count). The molecule has 2 amide bonds. The molecule has 0 spiro atoms. The number of nitrogens with zero attached hydrogens (tertiary/aromatic N) is 3. The maximum absolute atomic E-state index is 12.5. The zero-order valence-electron chi connectivity index (χ0n) is 12.6. The molecular formula is C15H14N4O4. The molecule has 0 saturated carbocycles. The Morgan fingerprint density at radius 2 is 1.83 bits per heavy atom.